The van der Waals surface area contributed by atoms with Gasteiger partial charge in [-0.2, -0.15) is 0 Å². The first-order valence-electron chi connectivity index (χ1n) is 13.8. The van der Waals surface area contributed by atoms with Crippen molar-refractivity contribution in [1.82, 2.24) is 0 Å². The molecule has 0 radical (unpaired) electrons. The van der Waals surface area contributed by atoms with Crippen LogP contribution < -0.4 is 9.47 Å². The molecule has 4 heteroatoms. The third-order valence-corrected chi connectivity index (χ3v) is 7.33. The second-order valence-corrected chi connectivity index (χ2v) is 10.3. The molecular formula is C36H30O4. The van der Waals surface area contributed by atoms with Crippen LogP contribution in [0.5, 0.6) is 11.5 Å². The van der Waals surface area contributed by atoms with Gasteiger partial charge in [-0.3, -0.25) is 0 Å². The lowest BCUT2D eigenvalue weighted by Crippen LogP contribution is -2.05. The lowest BCUT2D eigenvalue weighted by Gasteiger charge is -2.16. The minimum absolute atomic E-state index is 0.206. The summed E-state index contributed by atoms with van der Waals surface area (Å²) < 4.78 is 22.7. The predicted molar refractivity (Wildman–Crippen MR) is 159 cm³/mol. The van der Waals surface area contributed by atoms with Gasteiger partial charge in [0.2, 0.25) is 0 Å². The molecule has 2 aliphatic rings. The molecule has 0 aliphatic carbocycles. The van der Waals surface area contributed by atoms with Gasteiger partial charge in [-0.15, -0.1) is 0 Å². The Hall–Kier alpha value is -4.38. The average molecular weight is 527 g/mol. The van der Waals surface area contributed by atoms with E-state index in [1.165, 1.54) is 16.7 Å². The van der Waals surface area contributed by atoms with Gasteiger partial charge in [0.1, 0.15) is 36.9 Å². The smallest absolute Gasteiger partial charge is 0.127 e. The number of rotatable bonds is 10. The van der Waals surface area contributed by atoms with Crippen LogP contribution in [0.1, 0.15) is 0 Å². The minimum atomic E-state index is 0.206. The van der Waals surface area contributed by atoms with Crippen molar-refractivity contribution in [3.63, 3.8) is 0 Å². The zero-order valence-electron chi connectivity index (χ0n) is 22.2. The Morgan fingerprint density at radius 3 is 1.60 bits per heavy atom. The van der Waals surface area contributed by atoms with Crippen LogP contribution in [0.2, 0.25) is 0 Å². The topological polar surface area (TPSA) is 43.5 Å². The van der Waals surface area contributed by atoms with Crippen molar-refractivity contribution in [2.24, 2.45) is 0 Å². The highest BCUT2D eigenvalue weighted by Crippen LogP contribution is 2.39. The molecule has 2 atom stereocenters. The summed E-state index contributed by atoms with van der Waals surface area (Å²) >= 11 is 0. The molecule has 4 nitrogen and oxygen atoms in total. The first kappa shape index (κ1) is 24.6. The van der Waals surface area contributed by atoms with Crippen LogP contribution in [0.15, 0.2) is 121 Å². The van der Waals surface area contributed by atoms with E-state index < -0.39 is 0 Å². The van der Waals surface area contributed by atoms with Crippen LogP contribution in [0.4, 0.5) is 0 Å². The quantitative estimate of drug-likeness (QED) is 0.173. The van der Waals surface area contributed by atoms with E-state index in [0.717, 1.165) is 52.5 Å². The molecule has 2 heterocycles. The van der Waals surface area contributed by atoms with E-state index in [4.69, 9.17) is 18.9 Å². The van der Waals surface area contributed by atoms with Crippen molar-refractivity contribution in [1.29, 1.82) is 0 Å². The van der Waals surface area contributed by atoms with E-state index in [9.17, 15) is 0 Å². The highest BCUT2D eigenvalue weighted by molar-refractivity contribution is 5.88. The van der Waals surface area contributed by atoms with Crippen molar-refractivity contribution in [2.75, 3.05) is 26.4 Å². The Kier molecular flexibility index (Phi) is 6.78. The van der Waals surface area contributed by atoms with E-state index in [1.807, 2.05) is 18.2 Å². The minimum Gasteiger partial charge on any atom is -0.491 e. The third kappa shape index (κ3) is 5.64. The number of benzene rings is 5. The second-order valence-electron chi connectivity index (χ2n) is 10.3. The highest BCUT2D eigenvalue weighted by atomic mass is 16.6. The van der Waals surface area contributed by atoms with Crippen LogP contribution in [0.25, 0.3) is 44.5 Å². The zero-order chi connectivity index (χ0) is 26.7. The van der Waals surface area contributed by atoms with Gasteiger partial charge in [0.25, 0.3) is 0 Å². The molecule has 5 aromatic carbocycles. The van der Waals surface area contributed by atoms with E-state index in [1.54, 1.807) is 0 Å². The van der Waals surface area contributed by atoms with Gasteiger partial charge in [-0.1, -0.05) is 91.0 Å². The molecule has 0 saturated carbocycles. The van der Waals surface area contributed by atoms with Gasteiger partial charge >= 0.3 is 0 Å². The van der Waals surface area contributed by atoms with Crippen LogP contribution in [0, 0.1) is 0 Å². The van der Waals surface area contributed by atoms with E-state index >= 15 is 0 Å². The predicted octanol–water partition coefficient (Wildman–Crippen LogP) is 7.91. The molecule has 0 bridgehead atoms. The number of epoxide rings is 2. The summed E-state index contributed by atoms with van der Waals surface area (Å²) in [5, 5.41) is 0. The molecule has 2 fully saturated rings. The molecule has 2 aliphatic heterocycles. The largest absolute Gasteiger partial charge is 0.491 e. The number of hydrogen-bond acceptors (Lipinski definition) is 4. The van der Waals surface area contributed by atoms with Crippen LogP contribution in [-0.2, 0) is 9.47 Å². The molecule has 2 saturated heterocycles. The SMILES string of the molecule is c1ccc(-c2cc(-c3ccc(-c4ccc(OCC5CO5)cc4)c(-c4ccccc4)c3)ccc2OCC2CO2)cc1. The molecular weight excluding hydrogens is 496 g/mol. The van der Waals surface area contributed by atoms with Gasteiger partial charge in [0.05, 0.1) is 13.2 Å². The number of ether oxygens (including phenoxy) is 4. The summed E-state index contributed by atoms with van der Waals surface area (Å²) in [6.45, 7) is 2.75. The molecule has 0 aromatic heterocycles. The Morgan fingerprint density at radius 2 is 0.975 bits per heavy atom. The molecule has 0 spiro atoms. The van der Waals surface area contributed by atoms with Gasteiger partial charge in [0.15, 0.2) is 0 Å². The standard InChI is InChI=1S/C36H30O4/c1-3-7-25(8-4-1)34-19-28(13-17-33(34)27-11-15-30(16-12-27)37-21-31-22-38-31)29-14-18-36(40-24-32-23-39-32)35(20-29)26-9-5-2-6-10-26/h1-20,31-32H,21-24H2. The maximum absolute atomic E-state index is 6.18. The molecule has 2 unspecified atom stereocenters. The second kappa shape index (κ2) is 11.0. The molecule has 7 rings (SSSR count). The van der Waals surface area contributed by atoms with Crippen molar-refractivity contribution in [2.45, 2.75) is 12.2 Å². The first-order valence-corrected chi connectivity index (χ1v) is 13.8. The first-order chi connectivity index (χ1) is 19.8. The van der Waals surface area contributed by atoms with Gasteiger partial charge in [0, 0.05) is 5.56 Å². The van der Waals surface area contributed by atoms with Gasteiger partial charge in [-0.05, 0) is 69.3 Å². The molecule has 198 valence electrons. The van der Waals surface area contributed by atoms with Crippen LogP contribution in [0.3, 0.4) is 0 Å². The summed E-state index contributed by atoms with van der Waals surface area (Å²) in [5.74, 6) is 1.74. The van der Waals surface area contributed by atoms with Gasteiger partial charge < -0.3 is 18.9 Å². The lowest BCUT2D eigenvalue weighted by atomic mass is 9.90. The van der Waals surface area contributed by atoms with Crippen molar-refractivity contribution < 1.29 is 18.9 Å². The fourth-order valence-corrected chi connectivity index (χ4v) is 4.94. The fraction of sp³-hybridized carbons (Fsp3) is 0.167. The van der Waals surface area contributed by atoms with Crippen molar-refractivity contribution in [3.8, 4) is 56.0 Å². The Morgan fingerprint density at radius 1 is 0.475 bits per heavy atom. The average Bonchev–Trinajstić information content (AvgIpc) is 3.96. The van der Waals surface area contributed by atoms with Crippen LogP contribution >= 0.6 is 0 Å². The summed E-state index contributed by atoms with van der Waals surface area (Å²) in [7, 11) is 0. The monoisotopic (exact) mass is 526 g/mol. The summed E-state index contributed by atoms with van der Waals surface area (Å²) in [6, 6.07) is 42.5. The van der Waals surface area contributed by atoms with E-state index in [-0.39, 0.29) is 12.2 Å². The number of hydrogen-bond donors (Lipinski definition) is 0. The maximum atomic E-state index is 6.18. The van der Waals surface area contributed by atoms with E-state index in [0.29, 0.717) is 13.2 Å². The fourth-order valence-electron chi connectivity index (χ4n) is 4.94. The Labute approximate surface area is 234 Å². The normalized spacial score (nSPS) is 17.3. The summed E-state index contributed by atoms with van der Waals surface area (Å²) in [4.78, 5) is 0. The van der Waals surface area contributed by atoms with Crippen molar-refractivity contribution >= 4 is 0 Å². The summed E-state index contributed by atoms with van der Waals surface area (Å²) in [6.07, 6.45) is 0.448. The third-order valence-electron chi connectivity index (χ3n) is 7.33. The molecule has 5 aromatic rings. The Bertz CT molecular complexity index is 1590. The highest BCUT2D eigenvalue weighted by Gasteiger charge is 2.24. The Balaban J connectivity index is 1.26. The molecule has 0 N–H and O–H groups in total. The van der Waals surface area contributed by atoms with E-state index in [2.05, 4.69) is 103 Å². The maximum Gasteiger partial charge on any atom is 0.127 e. The lowest BCUT2D eigenvalue weighted by molar-refractivity contribution is 0.263. The van der Waals surface area contributed by atoms with Crippen LogP contribution in [-0.4, -0.2) is 38.6 Å². The summed E-state index contributed by atoms with van der Waals surface area (Å²) in [5.41, 5.74) is 9.20. The zero-order valence-corrected chi connectivity index (χ0v) is 22.2. The molecule has 40 heavy (non-hydrogen) atoms. The molecule has 0 amide bonds. The van der Waals surface area contributed by atoms with Crippen molar-refractivity contribution in [3.05, 3.63) is 121 Å². The van der Waals surface area contributed by atoms with Gasteiger partial charge in [-0.25, -0.2) is 0 Å².